The molecule has 0 saturated heterocycles. The average molecular weight is 279 g/mol. The number of nitrogens with zero attached hydrogens (tertiary/aromatic N) is 1. The Morgan fingerprint density at radius 3 is 2.70 bits per heavy atom. The van der Waals surface area contributed by atoms with Crippen molar-refractivity contribution in [3.63, 3.8) is 0 Å². The van der Waals surface area contributed by atoms with Gasteiger partial charge in [0.2, 0.25) is 0 Å². The minimum Gasteiger partial charge on any atom is -0.493 e. The maximum absolute atomic E-state index is 11.2. The Hall–Kier alpha value is -2.37. The molecule has 1 aromatic rings. The maximum atomic E-state index is 11.2. The number of non-ortho nitro benzene ring substituents is 1. The number of hydrogen-bond acceptors (Lipinski definition) is 5. The molecule has 0 heterocycles. The fraction of sp³-hybridized carbons (Fsp3) is 0.357. The van der Waals surface area contributed by atoms with Crippen molar-refractivity contribution >= 4 is 17.7 Å². The van der Waals surface area contributed by atoms with Crippen LogP contribution in [0.5, 0.6) is 5.75 Å². The van der Waals surface area contributed by atoms with Crippen molar-refractivity contribution in [2.45, 2.75) is 20.3 Å². The van der Waals surface area contributed by atoms with Crippen molar-refractivity contribution in [2.24, 2.45) is 0 Å². The molecule has 20 heavy (non-hydrogen) atoms. The van der Waals surface area contributed by atoms with Gasteiger partial charge in [-0.3, -0.25) is 14.9 Å². The lowest BCUT2D eigenvalue weighted by molar-refractivity contribution is -0.384. The SMILES string of the molecule is CCOC(=O)CC=Cc1cc([N+](=O)[O-])ccc1OCC. The molecule has 1 aromatic carbocycles. The summed E-state index contributed by atoms with van der Waals surface area (Å²) in [7, 11) is 0. The van der Waals surface area contributed by atoms with E-state index in [9.17, 15) is 14.9 Å². The van der Waals surface area contributed by atoms with Crippen molar-refractivity contribution < 1.29 is 19.2 Å². The number of benzene rings is 1. The molecule has 0 spiro atoms. The van der Waals surface area contributed by atoms with Gasteiger partial charge in [0.05, 0.1) is 24.6 Å². The Labute approximate surface area is 117 Å². The van der Waals surface area contributed by atoms with Crippen LogP contribution in [-0.2, 0) is 9.53 Å². The molecule has 0 aromatic heterocycles. The van der Waals surface area contributed by atoms with Gasteiger partial charge in [-0.1, -0.05) is 12.2 Å². The van der Waals surface area contributed by atoms with E-state index in [-0.39, 0.29) is 18.1 Å². The van der Waals surface area contributed by atoms with Gasteiger partial charge in [0.1, 0.15) is 5.75 Å². The number of carbonyl (C=O) groups excluding carboxylic acids is 1. The van der Waals surface area contributed by atoms with Crippen molar-refractivity contribution in [1.29, 1.82) is 0 Å². The van der Waals surface area contributed by atoms with Crippen molar-refractivity contribution in [1.82, 2.24) is 0 Å². The molecule has 1 rings (SSSR count). The van der Waals surface area contributed by atoms with Crippen LogP contribution >= 0.6 is 0 Å². The zero-order valence-electron chi connectivity index (χ0n) is 11.5. The third kappa shape index (κ3) is 4.72. The summed E-state index contributed by atoms with van der Waals surface area (Å²) in [4.78, 5) is 21.5. The van der Waals surface area contributed by atoms with Crippen LogP contribution in [0.15, 0.2) is 24.3 Å². The highest BCUT2D eigenvalue weighted by atomic mass is 16.6. The fourth-order valence-corrected chi connectivity index (χ4v) is 1.57. The van der Waals surface area contributed by atoms with Gasteiger partial charge in [-0.15, -0.1) is 0 Å². The third-order valence-electron chi connectivity index (χ3n) is 2.39. The van der Waals surface area contributed by atoms with Gasteiger partial charge in [-0.25, -0.2) is 0 Å². The zero-order chi connectivity index (χ0) is 15.0. The molecule has 0 radical (unpaired) electrons. The summed E-state index contributed by atoms with van der Waals surface area (Å²) in [5, 5.41) is 10.8. The number of ether oxygens (including phenoxy) is 2. The monoisotopic (exact) mass is 279 g/mol. The third-order valence-corrected chi connectivity index (χ3v) is 2.39. The lowest BCUT2D eigenvalue weighted by Crippen LogP contribution is -2.01. The summed E-state index contributed by atoms with van der Waals surface area (Å²) < 4.78 is 10.2. The fourth-order valence-electron chi connectivity index (χ4n) is 1.57. The number of rotatable bonds is 7. The standard InChI is InChI=1S/C14H17NO5/c1-3-19-13-9-8-12(15(17)18)10-11(13)6-5-7-14(16)20-4-2/h5-6,8-10H,3-4,7H2,1-2H3. The minimum absolute atomic E-state index is 0.0239. The van der Waals surface area contributed by atoms with Crippen molar-refractivity contribution in [2.75, 3.05) is 13.2 Å². The summed E-state index contributed by atoms with van der Waals surface area (Å²) in [6, 6.07) is 4.34. The minimum atomic E-state index is -0.474. The summed E-state index contributed by atoms with van der Waals surface area (Å²) >= 11 is 0. The van der Waals surface area contributed by atoms with Gasteiger partial charge in [0.15, 0.2) is 0 Å². The van der Waals surface area contributed by atoms with E-state index >= 15 is 0 Å². The van der Waals surface area contributed by atoms with Gasteiger partial charge in [-0.05, 0) is 19.9 Å². The van der Waals surface area contributed by atoms with Crippen LogP contribution in [0.3, 0.4) is 0 Å². The quantitative estimate of drug-likeness (QED) is 0.435. The molecule has 0 amide bonds. The van der Waals surface area contributed by atoms with E-state index in [1.807, 2.05) is 6.92 Å². The first-order valence-corrected chi connectivity index (χ1v) is 6.31. The van der Waals surface area contributed by atoms with Crippen LogP contribution in [0.2, 0.25) is 0 Å². The first-order chi connectivity index (χ1) is 9.58. The highest BCUT2D eigenvalue weighted by molar-refractivity contribution is 5.73. The first kappa shape index (κ1) is 15.7. The number of nitro benzene ring substituents is 1. The molecule has 0 aliphatic carbocycles. The summed E-state index contributed by atoms with van der Waals surface area (Å²) in [6.45, 7) is 4.34. The van der Waals surface area contributed by atoms with E-state index in [1.54, 1.807) is 25.1 Å². The number of esters is 1. The number of hydrogen-bond donors (Lipinski definition) is 0. The van der Waals surface area contributed by atoms with E-state index in [0.717, 1.165) is 0 Å². The molecule has 0 aliphatic heterocycles. The van der Waals surface area contributed by atoms with Crippen LogP contribution in [0.25, 0.3) is 6.08 Å². The highest BCUT2D eigenvalue weighted by Crippen LogP contribution is 2.25. The van der Waals surface area contributed by atoms with Crippen LogP contribution in [0.1, 0.15) is 25.8 Å². The Bertz CT molecular complexity index is 510. The first-order valence-electron chi connectivity index (χ1n) is 6.31. The van der Waals surface area contributed by atoms with Gasteiger partial charge >= 0.3 is 5.97 Å². The van der Waals surface area contributed by atoms with E-state index in [2.05, 4.69) is 0 Å². The zero-order valence-corrected chi connectivity index (χ0v) is 11.5. The molecule has 6 nitrogen and oxygen atoms in total. The molecule has 0 saturated carbocycles. The molecule has 0 bridgehead atoms. The Morgan fingerprint density at radius 2 is 2.10 bits per heavy atom. The Balaban J connectivity index is 2.89. The second-order valence-corrected chi connectivity index (χ2v) is 3.82. The van der Waals surface area contributed by atoms with E-state index in [0.29, 0.717) is 24.5 Å². The molecule has 0 atom stereocenters. The molecule has 0 fully saturated rings. The second kappa shape index (κ2) is 7.93. The normalized spacial score (nSPS) is 10.5. The average Bonchev–Trinajstić information content (AvgIpc) is 2.40. The second-order valence-electron chi connectivity index (χ2n) is 3.82. The Morgan fingerprint density at radius 1 is 1.35 bits per heavy atom. The predicted molar refractivity (Wildman–Crippen MR) is 74.5 cm³/mol. The van der Waals surface area contributed by atoms with Gasteiger partial charge in [0, 0.05) is 17.7 Å². The number of carbonyl (C=O) groups is 1. The van der Waals surface area contributed by atoms with Crippen molar-refractivity contribution in [3.05, 3.63) is 40.0 Å². The van der Waals surface area contributed by atoms with Crippen LogP contribution in [0, 0.1) is 10.1 Å². The van der Waals surface area contributed by atoms with Crippen LogP contribution < -0.4 is 4.74 Å². The molecule has 108 valence electrons. The summed E-state index contributed by atoms with van der Waals surface area (Å²) in [5.74, 6) is 0.199. The molecule has 6 heteroatoms. The summed E-state index contributed by atoms with van der Waals surface area (Å²) in [5.41, 5.74) is 0.537. The van der Waals surface area contributed by atoms with Crippen LogP contribution in [-0.4, -0.2) is 24.1 Å². The molecule has 0 N–H and O–H groups in total. The Kier molecular flexibility index (Phi) is 6.22. The summed E-state index contributed by atoms with van der Waals surface area (Å²) in [6.07, 6.45) is 3.33. The van der Waals surface area contributed by atoms with E-state index in [4.69, 9.17) is 9.47 Å². The highest BCUT2D eigenvalue weighted by Gasteiger charge is 2.09. The molecule has 0 unspecified atom stereocenters. The van der Waals surface area contributed by atoms with E-state index < -0.39 is 4.92 Å². The van der Waals surface area contributed by atoms with Crippen molar-refractivity contribution in [3.8, 4) is 5.75 Å². The number of nitro groups is 1. The lowest BCUT2D eigenvalue weighted by Gasteiger charge is -2.06. The maximum Gasteiger partial charge on any atom is 0.309 e. The lowest BCUT2D eigenvalue weighted by atomic mass is 10.1. The molecular weight excluding hydrogens is 262 g/mol. The van der Waals surface area contributed by atoms with E-state index in [1.165, 1.54) is 12.1 Å². The van der Waals surface area contributed by atoms with Gasteiger partial charge in [-0.2, -0.15) is 0 Å². The smallest absolute Gasteiger partial charge is 0.309 e. The molecular formula is C14H17NO5. The predicted octanol–water partition coefficient (Wildman–Crippen LogP) is 2.96. The van der Waals surface area contributed by atoms with Gasteiger partial charge in [0.25, 0.3) is 5.69 Å². The van der Waals surface area contributed by atoms with Gasteiger partial charge < -0.3 is 9.47 Å². The van der Waals surface area contributed by atoms with Crippen LogP contribution in [0.4, 0.5) is 5.69 Å². The molecule has 0 aliphatic rings. The largest absolute Gasteiger partial charge is 0.493 e. The topological polar surface area (TPSA) is 78.7 Å².